The van der Waals surface area contributed by atoms with Crippen molar-refractivity contribution < 1.29 is 4.74 Å². The largest absolute Gasteiger partial charge is 0.379 e. The number of hydrogen-bond donors (Lipinski definition) is 1. The molecule has 52 valence electrons. The monoisotopic (exact) mass is 145 g/mol. The summed E-state index contributed by atoms with van der Waals surface area (Å²) in [6.07, 6.45) is 0. The summed E-state index contributed by atoms with van der Waals surface area (Å²) in [4.78, 5) is 0. The van der Waals surface area contributed by atoms with E-state index in [9.17, 15) is 0 Å². The second-order valence-corrected chi connectivity index (χ2v) is 3.85. The predicted octanol–water partition coefficient (Wildman–Crippen LogP) is 0.0902. The first-order valence-electron chi connectivity index (χ1n) is 3.39. The van der Waals surface area contributed by atoms with Crippen molar-refractivity contribution in [2.45, 2.75) is 11.3 Å². The molecular weight excluding hydrogens is 134 g/mol. The SMILES string of the molecule is C1CSC2COCC2N1. The number of hydrogen-bond acceptors (Lipinski definition) is 3. The van der Waals surface area contributed by atoms with E-state index in [0.717, 1.165) is 25.0 Å². The molecule has 2 nitrogen and oxygen atoms in total. The molecule has 0 aliphatic carbocycles. The van der Waals surface area contributed by atoms with E-state index in [1.807, 2.05) is 11.8 Å². The van der Waals surface area contributed by atoms with Crippen LogP contribution in [0.3, 0.4) is 0 Å². The summed E-state index contributed by atoms with van der Waals surface area (Å²) in [5.41, 5.74) is 0. The molecule has 0 saturated carbocycles. The van der Waals surface area contributed by atoms with Crippen LogP contribution in [0.4, 0.5) is 0 Å². The van der Waals surface area contributed by atoms with Gasteiger partial charge in [0.1, 0.15) is 0 Å². The van der Waals surface area contributed by atoms with Gasteiger partial charge < -0.3 is 10.1 Å². The van der Waals surface area contributed by atoms with Gasteiger partial charge in [-0.05, 0) is 0 Å². The maximum Gasteiger partial charge on any atom is 0.0631 e. The quantitative estimate of drug-likeness (QED) is 0.522. The molecule has 0 aromatic heterocycles. The normalized spacial score (nSPS) is 42.7. The first kappa shape index (κ1) is 6.01. The molecule has 2 unspecified atom stereocenters. The maximum absolute atomic E-state index is 5.31. The summed E-state index contributed by atoms with van der Waals surface area (Å²) >= 11 is 2.05. The highest BCUT2D eigenvalue weighted by Crippen LogP contribution is 2.23. The number of thioether (sulfide) groups is 1. The standard InChI is InChI=1S/C6H11NOS/c1-2-9-6-4-8-3-5(6)7-1/h5-7H,1-4H2. The fourth-order valence-corrected chi connectivity index (χ4v) is 2.48. The molecule has 1 N–H and O–H groups in total. The molecule has 0 bridgehead atoms. The van der Waals surface area contributed by atoms with Crippen LogP contribution in [0.2, 0.25) is 0 Å². The van der Waals surface area contributed by atoms with Crippen LogP contribution in [0.25, 0.3) is 0 Å². The van der Waals surface area contributed by atoms with Crippen molar-refractivity contribution in [3.05, 3.63) is 0 Å². The second-order valence-electron chi connectivity index (χ2n) is 2.51. The Kier molecular flexibility index (Phi) is 1.66. The smallest absolute Gasteiger partial charge is 0.0631 e. The summed E-state index contributed by atoms with van der Waals surface area (Å²) < 4.78 is 5.31. The molecular formula is C6H11NOS. The lowest BCUT2D eigenvalue weighted by Crippen LogP contribution is -2.42. The third kappa shape index (κ3) is 1.09. The van der Waals surface area contributed by atoms with Crippen molar-refractivity contribution in [1.82, 2.24) is 5.32 Å². The zero-order valence-electron chi connectivity index (χ0n) is 5.30. The average molecular weight is 145 g/mol. The molecule has 0 amide bonds. The summed E-state index contributed by atoms with van der Waals surface area (Å²) in [5, 5.41) is 4.18. The molecule has 2 rings (SSSR count). The van der Waals surface area contributed by atoms with Gasteiger partial charge in [-0.3, -0.25) is 0 Å². The summed E-state index contributed by atoms with van der Waals surface area (Å²) in [6.45, 7) is 3.05. The molecule has 0 aromatic carbocycles. The van der Waals surface area contributed by atoms with Crippen molar-refractivity contribution in [3.63, 3.8) is 0 Å². The van der Waals surface area contributed by atoms with Gasteiger partial charge in [-0.15, -0.1) is 0 Å². The summed E-state index contributed by atoms with van der Waals surface area (Å²) in [6, 6.07) is 0.656. The molecule has 9 heavy (non-hydrogen) atoms. The maximum atomic E-state index is 5.31. The fraction of sp³-hybridized carbons (Fsp3) is 1.00. The van der Waals surface area contributed by atoms with Crippen LogP contribution in [0.15, 0.2) is 0 Å². The Morgan fingerprint density at radius 1 is 1.44 bits per heavy atom. The Hall–Kier alpha value is 0.270. The highest BCUT2D eigenvalue weighted by Gasteiger charge is 2.30. The molecule has 2 saturated heterocycles. The molecule has 2 atom stereocenters. The van der Waals surface area contributed by atoms with Gasteiger partial charge in [0, 0.05) is 23.6 Å². The van der Waals surface area contributed by atoms with Crippen molar-refractivity contribution in [2.24, 2.45) is 0 Å². The molecule has 0 radical (unpaired) electrons. The zero-order chi connectivity index (χ0) is 6.10. The van der Waals surface area contributed by atoms with E-state index in [0.29, 0.717) is 6.04 Å². The zero-order valence-corrected chi connectivity index (χ0v) is 6.12. The van der Waals surface area contributed by atoms with E-state index in [4.69, 9.17) is 4.74 Å². The number of fused-ring (bicyclic) bond motifs is 1. The Morgan fingerprint density at radius 2 is 2.44 bits per heavy atom. The lowest BCUT2D eigenvalue weighted by molar-refractivity contribution is 0.191. The van der Waals surface area contributed by atoms with Gasteiger partial charge in [0.2, 0.25) is 0 Å². The van der Waals surface area contributed by atoms with Crippen LogP contribution in [-0.4, -0.2) is 36.8 Å². The van der Waals surface area contributed by atoms with Crippen LogP contribution in [0, 0.1) is 0 Å². The van der Waals surface area contributed by atoms with E-state index in [1.54, 1.807) is 0 Å². The van der Waals surface area contributed by atoms with E-state index >= 15 is 0 Å². The molecule has 0 aromatic rings. The van der Waals surface area contributed by atoms with Crippen LogP contribution in [0.1, 0.15) is 0 Å². The molecule has 2 aliphatic rings. The van der Waals surface area contributed by atoms with E-state index < -0.39 is 0 Å². The highest BCUT2D eigenvalue weighted by atomic mass is 32.2. The second kappa shape index (κ2) is 2.48. The minimum absolute atomic E-state index is 0.656. The highest BCUT2D eigenvalue weighted by molar-refractivity contribution is 8.00. The van der Waals surface area contributed by atoms with E-state index in [1.165, 1.54) is 5.75 Å². The number of nitrogens with one attached hydrogen (secondary N) is 1. The first-order valence-corrected chi connectivity index (χ1v) is 4.44. The predicted molar refractivity (Wildman–Crippen MR) is 38.9 cm³/mol. The van der Waals surface area contributed by atoms with Gasteiger partial charge in [0.15, 0.2) is 0 Å². The Bertz CT molecular complexity index is 97.2. The Labute approximate surface area is 59.3 Å². The third-order valence-corrected chi connectivity index (χ3v) is 3.20. The molecule has 2 fully saturated rings. The molecule has 0 spiro atoms. The molecule has 3 heteroatoms. The number of ether oxygens (including phenoxy) is 1. The van der Waals surface area contributed by atoms with Crippen molar-refractivity contribution in [1.29, 1.82) is 0 Å². The van der Waals surface area contributed by atoms with E-state index in [2.05, 4.69) is 5.32 Å². The van der Waals surface area contributed by atoms with Crippen molar-refractivity contribution >= 4 is 11.8 Å². The molecule has 2 aliphatic heterocycles. The average Bonchev–Trinajstić information content (AvgIpc) is 2.33. The minimum atomic E-state index is 0.656. The van der Waals surface area contributed by atoms with Gasteiger partial charge in [-0.25, -0.2) is 0 Å². The topological polar surface area (TPSA) is 21.3 Å². The van der Waals surface area contributed by atoms with Crippen molar-refractivity contribution in [2.75, 3.05) is 25.5 Å². The Balaban J connectivity index is 1.97. The minimum Gasteiger partial charge on any atom is -0.379 e. The summed E-state index contributed by atoms with van der Waals surface area (Å²) in [5.74, 6) is 1.25. The summed E-state index contributed by atoms with van der Waals surface area (Å²) in [7, 11) is 0. The van der Waals surface area contributed by atoms with Crippen LogP contribution in [-0.2, 0) is 4.74 Å². The van der Waals surface area contributed by atoms with Crippen LogP contribution < -0.4 is 5.32 Å². The lowest BCUT2D eigenvalue weighted by atomic mass is 10.2. The van der Waals surface area contributed by atoms with E-state index in [-0.39, 0.29) is 0 Å². The number of rotatable bonds is 0. The lowest BCUT2D eigenvalue weighted by Gasteiger charge is -2.23. The van der Waals surface area contributed by atoms with Gasteiger partial charge in [0.25, 0.3) is 0 Å². The van der Waals surface area contributed by atoms with Crippen LogP contribution in [0.5, 0.6) is 0 Å². The van der Waals surface area contributed by atoms with Gasteiger partial charge in [-0.1, -0.05) is 0 Å². The molecule has 2 heterocycles. The van der Waals surface area contributed by atoms with Crippen LogP contribution >= 0.6 is 11.8 Å². The van der Waals surface area contributed by atoms with Gasteiger partial charge in [-0.2, -0.15) is 11.8 Å². The first-order chi connectivity index (χ1) is 4.47. The van der Waals surface area contributed by atoms with Gasteiger partial charge in [0.05, 0.1) is 13.2 Å². The fourth-order valence-electron chi connectivity index (χ4n) is 1.34. The van der Waals surface area contributed by atoms with Crippen molar-refractivity contribution in [3.8, 4) is 0 Å². The van der Waals surface area contributed by atoms with Gasteiger partial charge >= 0.3 is 0 Å². The Morgan fingerprint density at radius 3 is 3.33 bits per heavy atom. The third-order valence-electron chi connectivity index (χ3n) is 1.87.